The fourth-order valence-electron chi connectivity index (χ4n) is 2.51. The lowest BCUT2D eigenvalue weighted by Gasteiger charge is -2.37. The molecule has 1 aliphatic heterocycles. The van der Waals surface area contributed by atoms with Crippen LogP contribution in [-0.2, 0) is 0 Å². The predicted molar refractivity (Wildman–Crippen MR) is 101 cm³/mol. The maximum absolute atomic E-state index is 3.62. The number of hydrogen-bond acceptors (Lipinski definition) is 3. The zero-order valence-corrected chi connectivity index (χ0v) is 17.3. The molecule has 1 saturated heterocycles. The standard InChI is InChI=1S/C13H20Br2N2S.2ClH/c1-3-9(2)12(17-6-4-16-5-7-17)11-8-10(14)13(15)18-11;;/h8-9,12,16H,3-7H2,1-2H3;2*1H/t9?,12-;;/m0../s1. The first-order valence-corrected chi connectivity index (χ1v) is 8.93. The van der Waals surface area contributed by atoms with Crippen molar-refractivity contribution in [3.63, 3.8) is 0 Å². The lowest BCUT2D eigenvalue weighted by atomic mass is 9.95. The van der Waals surface area contributed by atoms with Crippen molar-refractivity contribution < 1.29 is 0 Å². The Morgan fingerprint density at radius 3 is 2.35 bits per heavy atom. The van der Waals surface area contributed by atoms with Gasteiger partial charge in [0.15, 0.2) is 0 Å². The second-order valence-electron chi connectivity index (χ2n) is 4.89. The molecule has 0 aliphatic carbocycles. The normalized spacial score (nSPS) is 18.8. The van der Waals surface area contributed by atoms with Gasteiger partial charge in [0, 0.05) is 41.6 Å². The van der Waals surface area contributed by atoms with Gasteiger partial charge in [0.2, 0.25) is 0 Å². The molecule has 2 heterocycles. The average Bonchev–Trinajstić information content (AvgIpc) is 2.70. The van der Waals surface area contributed by atoms with Gasteiger partial charge in [0.1, 0.15) is 0 Å². The molecular formula is C13H22Br2Cl2N2S. The van der Waals surface area contributed by atoms with Crippen molar-refractivity contribution >= 4 is 68.0 Å². The molecule has 20 heavy (non-hydrogen) atoms. The molecule has 0 bridgehead atoms. The third-order valence-corrected chi connectivity index (χ3v) is 7.01. The molecule has 1 unspecified atom stereocenters. The van der Waals surface area contributed by atoms with Crippen LogP contribution >= 0.6 is 68.0 Å². The third kappa shape index (κ3) is 5.11. The Balaban J connectivity index is 0.00000180. The summed E-state index contributed by atoms with van der Waals surface area (Å²) in [5.41, 5.74) is 0. The lowest BCUT2D eigenvalue weighted by Crippen LogP contribution is -2.46. The molecule has 2 nitrogen and oxygen atoms in total. The Morgan fingerprint density at radius 2 is 1.90 bits per heavy atom. The summed E-state index contributed by atoms with van der Waals surface area (Å²) in [4.78, 5) is 4.11. The second kappa shape index (κ2) is 10.0. The summed E-state index contributed by atoms with van der Waals surface area (Å²) >= 11 is 9.10. The van der Waals surface area contributed by atoms with Crippen LogP contribution in [0.4, 0.5) is 0 Å². The number of nitrogens with zero attached hydrogens (tertiary/aromatic N) is 1. The topological polar surface area (TPSA) is 15.3 Å². The SMILES string of the molecule is CCC(C)[C@@H](c1cc(Br)c(Br)s1)N1CCNCC1.Cl.Cl. The van der Waals surface area contributed by atoms with E-state index in [-0.39, 0.29) is 24.8 Å². The van der Waals surface area contributed by atoms with Gasteiger partial charge < -0.3 is 5.32 Å². The number of hydrogen-bond donors (Lipinski definition) is 1. The van der Waals surface area contributed by atoms with Gasteiger partial charge >= 0.3 is 0 Å². The molecular weight excluding hydrogens is 447 g/mol. The highest BCUT2D eigenvalue weighted by atomic mass is 79.9. The summed E-state index contributed by atoms with van der Waals surface area (Å²) in [6.07, 6.45) is 1.22. The molecule has 1 fully saturated rings. The van der Waals surface area contributed by atoms with Crippen molar-refractivity contribution in [3.8, 4) is 0 Å². The highest BCUT2D eigenvalue weighted by molar-refractivity contribution is 9.13. The van der Waals surface area contributed by atoms with E-state index in [1.807, 2.05) is 11.3 Å². The molecule has 1 aliphatic rings. The zero-order chi connectivity index (χ0) is 13.1. The van der Waals surface area contributed by atoms with E-state index in [1.165, 1.54) is 19.6 Å². The first kappa shape index (κ1) is 21.2. The molecule has 1 aromatic rings. The Kier molecular flexibility index (Phi) is 10.6. The minimum Gasteiger partial charge on any atom is -0.314 e. The molecule has 0 saturated carbocycles. The smallest absolute Gasteiger partial charge is 0.0843 e. The van der Waals surface area contributed by atoms with Crippen molar-refractivity contribution in [1.29, 1.82) is 0 Å². The van der Waals surface area contributed by atoms with Gasteiger partial charge in [-0.1, -0.05) is 20.3 Å². The van der Waals surface area contributed by atoms with E-state index in [2.05, 4.69) is 62.0 Å². The van der Waals surface area contributed by atoms with Crippen molar-refractivity contribution in [2.45, 2.75) is 26.3 Å². The Labute approximate surface area is 155 Å². The van der Waals surface area contributed by atoms with Crippen LogP contribution in [0.2, 0.25) is 0 Å². The summed E-state index contributed by atoms with van der Waals surface area (Å²) in [5, 5.41) is 3.44. The molecule has 0 spiro atoms. The monoisotopic (exact) mass is 466 g/mol. The highest BCUT2D eigenvalue weighted by Crippen LogP contribution is 2.41. The van der Waals surface area contributed by atoms with Crippen LogP contribution in [0.1, 0.15) is 31.2 Å². The number of piperazine rings is 1. The van der Waals surface area contributed by atoms with Crippen molar-refractivity contribution in [1.82, 2.24) is 10.2 Å². The minimum atomic E-state index is 0. The molecule has 1 N–H and O–H groups in total. The molecule has 2 rings (SSSR count). The first-order valence-electron chi connectivity index (χ1n) is 6.53. The van der Waals surface area contributed by atoms with Crippen LogP contribution in [0.15, 0.2) is 14.3 Å². The van der Waals surface area contributed by atoms with E-state index in [0.717, 1.165) is 26.2 Å². The largest absolute Gasteiger partial charge is 0.314 e. The third-order valence-electron chi connectivity index (χ3n) is 3.68. The van der Waals surface area contributed by atoms with Crippen molar-refractivity contribution in [2.75, 3.05) is 26.2 Å². The van der Waals surface area contributed by atoms with Crippen LogP contribution in [0.25, 0.3) is 0 Å². The molecule has 118 valence electrons. The van der Waals surface area contributed by atoms with Crippen LogP contribution in [0, 0.1) is 5.92 Å². The van der Waals surface area contributed by atoms with Gasteiger partial charge in [-0.05, 0) is 43.8 Å². The average molecular weight is 469 g/mol. The summed E-state index contributed by atoms with van der Waals surface area (Å²) in [5.74, 6) is 0.695. The number of rotatable bonds is 4. The Morgan fingerprint density at radius 1 is 1.30 bits per heavy atom. The number of halogens is 4. The summed E-state index contributed by atoms with van der Waals surface area (Å²) < 4.78 is 2.40. The van der Waals surface area contributed by atoms with E-state index < -0.39 is 0 Å². The summed E-state index contributed by atoms with van der Waals surface area (Å²) in [6, 6.07) is 2.85. The van der Waals surface area contributed by atoms with Gasteiger partial charge in [-0.2, -0.15) is 0 Å². The van der Waals surface area contributed by atoms with E-state index in [4.69, 9.17) is 0 Å². The molecule has 0 aromatic carbocycles. The van der Waals surface area contributed by atoms with Gasteiger partial charge in [-0.25, -0.2) is 0 Å². The van der Waals surface area contributed by atoms with Crippen LogP contribution in [-0.4, -0.2) is 31.1 Å². The molecule has 0 radical (unpaired) electrons. The Hall–Kier alpha value is 1.16. The summed E-state index contributed by atoms with van der Waals surface area (Å²) in [7, 11) is 0. The Bertz CT molecular complexity index is 378. The maximum atomic E-state index is 3.62. The maximum Gasteiger partial charge on any atom is 0.0843 e. The van der Waals surface area contributed by atoms with Gasteiger partial charge in [0.05, 0.1) is 3.79 Å². The zero-order valence-electron chi connectivity index (χ0n) is 11.7. The number of thiophene rings is 1. The number of nitrogens with one attached hydrogen (secondary N) is 1. The molecule has 7 heteroatoms. The van der Waals surface area contributed by atoms with Crippen molar-refractivity contribution in [3.05, 3.63) is 19.2 Å². The minimum absolute atomic E-state index is 0. The van der Waals surface area contributed by atoms with Gasteiger partial charge in [-0.3, -0.25) is 4.90 Å². The van der Waals surface area contributed by atoms with Crippen LogP contribution in [0.3, 0.4) is 0 Å². The second-order valence-corrected chi connectivity index (χ2v) is 8.14. The first-order chi connectivity index (χ1) is 8.63. The molecule has 1 aromatic heterocycles. The van der Waals surface area contributed by atoms with Gasteiger partial charge in [0.25, 0.3) is 0 Å². The molecule has 0 amide bonds. The fourth-order valence-corrected chi connectivity index (χ4v) is 4.87. The lowest BCUT2D eigenvalue weighted by molar-refractivity contribution is 0.131. The van der Waals surface area contributed by atoms with E-state index >= 15 is 0 Å². The molecule has 2 atom stereocenters. The quantitative estimate of drug-likeness (QED) is 0.660. The highest BCUT2D eigenvalue weighted by Gasteiger charge is 2.28. The summed E-state index contributed by atoms with van der Waals surface area (Å²) in [6.45, 7) is 9.19. The van der Waals surface area contributed by atoms with E-state index in [1.54, 1.807) is 0 Å². The fraction of sp³-hybridized carbons (Fsp3) is 0.692. The van der Waals surface area contributed by atoms with Crippen LogP contribution < -0.4 is 5.32 Å². The van der Waals surface area contributed by atoms with Crippen LogP contribution in [0.5, 0.6) is 0 Å². The van der Waals surface area contributed by atoms with E-state index in [9.17, 15) is 0 Å². The van der Waals surface area contributed by atoms with Gasteiger partial charge in [-0.15, -0.1) is 36.2 Å². The van der Waals surface area contributed by atoms with E-state index in [0.29, 0.717) is 12.0 Å². The van der Waals surface area contributed by atoms with Crippen molar-refractivity contribution in [2.24, 2.45) is 5.92 Å². The predicted octanol–water partition coefficient (Wildman–Crippen LogP) is 5.11.